The van der Waals surface area contributed by atoms with Crippen molar-refractivity contribution in [3.8, 4) is 0 Å². The topological polar surface area (TPSA) is 55.4 Å². The number of hydrogen-bond acceptors (Lipinski definition) is 6. The molecule has 6 heteroatoms. The Labute approximate surface area is 213 Å². The molecule has 0 saturated carbocycles. The van der Waals surface area contributed by atoms with E-state index in [4.69, 9.17) is 28.4 Å². The maximum atomic E-state index is 6.97. The highest BCUT2D eigenvalue weighted by atomic mass is 16.8. The van der Waals surface area contributed by atoms with Crippen LogP contribution in [0.5, 0.6) is 0 Å². The van der Waals surface area contributed by atoms with Gasteiger partial charge in [-0.3, -0.25) is 0 Å². The molecule has 2 saturated heterocycles. The highest BCUT2D eigenvalue weighted by Crippen LogP contribution is 2.43. The van der Waals surface area contributed by atoms with Gasteiger partial charge in [0.05, 0.1) is 6.61 Å². The number of hydrogen-bond donors (Lipinski definition) is 0. The second-order valence-electron chi connectivity index (χ2n) is 9.63. The lowest BCUT2D eigenvalue weighted by atomic mass is 9.80. The van der Waals surface area contributed by atoms with Crippen LogP contribution in [-0.2, 0) is 34.0 Å². The Kier molecular flexibility index (Phi) is 7.26. The SMILES string of the molecule is CO[C@@H]1[C@H]([C@@H](COC(c2ccccc2)(c2ccccc2)c2ccccc2)OC)O[C@@H]2OC(C)(C)O[C@@H]21. The van der Waals surface area contributed by atoms with Crippen LogP contribution >= 0.6 is 0 Å². The number of methoxy groups -OCH3 is 2. The van der Waals surface area contributed by atoms with Gasteiger partial charge in [-0.05, 0) is 30.5 Å². The van der Waals surface area contributed by atoms with Gasteiger partial charge in [-0.2, -0.15) is 0 Å². The minimum absolute atomic E-state index is 0.253. The molecule has 6 nitrogen and oxygen atoms in total. The van der Waals surface area contributed by atoms with Gasteiger partial charge in [0.15, 0.2) is 12.1 Å². The van der Waals surface area contributed by atoms with Crippen molar-refractivity contribution in [2.24, 2.45) is 0 Å². The van der Waals surface area contributed by atoms with Gasteiger partial charge in [-0.1, -0.05) is 91.0 Å². The van der Waals surface area contributed by atoms with Gasteiger partial charge in [0, 0.05) is 14.2 Å². The van der Waals surface area contributed by atoms with Gasteiger partial charge in [-0.15, -0.1) is 0 Å². The van der Waals surface area contributed by atoms with Crippen molar-refractivity contribution >= 4 is 0 Å². The Bertz CT molecular complexity index is 1010. The van der Waals surface area contributed by atoms with E-state index in [0.29, 0.717) is 0 Å². The van der Waals surface area contributed by atoms with E-state index in [9.17, 15) is 0 Å². The zero-order valence-corrected chi connectivity index (χ0v) is 21.2. The van der Waals surface area contributed by atoms with Crippen molar-refractivity contribution in [2.75, 3.05) is 20.8 Å². The Hall–Kier alpha value is -2.58. The molecule has 0 spiro atoms. The summed E-state index contributed by atoms with van der Waals surface area (Å²) >= 11 is 0. The summed E-state index contributed by atoms with van der Waals surface area (Å²) in [6, 6.07) is 30.8. The summed E-state index contributed by atoms with van der Waals surface area (Å²) in [7, 11) is 3.33. The minimum Gasteiger partial charge on any atom is -0.376 e. The van der Waals surface area contributed by atoms with Crippen LogP contribution in [0.2, 0.25) is 0 Å². The predicted octanol–water partition coefficient (Wildman–Crippen LogP) is 4.90. The van der Waals surface area contributed by atoms with E-state index in [-0.39, 0.29) is 18.8 Å². The molecule has 0 aliphatic carbocycles. The summed E-state index contributed by atoms with van der Waals surface area (Å²) in [5.74, 6) is -0.723. The number of fused-ring (bicyclic) bond motifs is 1. The summed E-state index contributed by atoms with van der Waals surface area (Å²) in [6.45, 7) is 4.01. The molecular formula is C30H34O6. The number of benzene rings is 3. The molecule has 0 unspecified atom stereocenters. The lowest BCUT2D eigenvalue weighted by molar-refractivity contribution is -0.234. The molecule has 0 aromatic heterocycles. The first-order valence-corrected chi connectivity index (χ1v) is 12.4. The molecular weight excluding hydrogens is 456 g/mol. The van der Waals surface area contributed by atoms with Crippen LogP contribution in [0.1, 0.15) is 30.5 Å². The van der Waals surface area contributed by atoms with Crippen molar-refractivity contribution in [3.05, 3.63) is 108 Å². The summed E-state index contributed by atoms with van der Waals surface area (Å²) in [4.78, 5) is 0. The monoisotopic (exact) mass is 490 g/mol. The molecule has 5 atom stereocenters. The molecule has 3 aromatic rings. The van der Waals surface area contributed by atoms with Gasteiger partial charge < -0.3 is 28.4 Å². The Morgan fingerprint density at radius 2 is 1.28 bits per heavy atom. The maximum absolute atomic E-state index is 6.97. The fraction of sp³-hybridized carbons (Fsp3) is 0.400. The van der Waals surface area contributed by atoms with Crippen molar-refractivity contribution in [2.45, 2.75) is 55.9 Å². The van der Waals surface area contributed by atoms with Gasteiger partial charge in [0.2, 0.25) is 0 Å². The molecule has 5 rings (SSSR count). The van der Waals surface area contributed by atoms with Gasteiger partial charge in [-0.25, -0.2) is 0 Å². The van der Waals surface area contributed by atoms with Gasteiger partial charge >= 0.3 is 0 Å². The predicted molar refractivity (Wildman–Crippen MR) is 135 cm³/mol. The van der Waals surface area contributed by atoms with Crippen molar-refractivity contribution in [1.82, 2.24) is 0 Å². The van der Waals surface area contributed by atoms with E-state index in [2.05, 4.69) is 36.4 Å². The first-order valence-electron chi connectivity index (χ1n) is 12.4. The van der Waals surface area contributed by atoms with E-state index in [1.165, 1.54) is 0 Å². The highest BCUT2D eigenvalue weighted by Gasteiger charge is 2.57. The molecule has 0 N–H and O–H groups in total. The lowest BCUT2D eigenvalue weighted by Gasteiger charge is -2.38. The zero-order chi connectivity index (χ0) is 25.2. The molecule has 0 amide bonds. The average Bonchev–Trinajstić information content (AvgIpc) is 3.39. The minimum atomic E-state index is -0.855. The highest BCUT2D eigenvalue weighted by molar-refractivity contribution is 5.47. The van der Waals surface area contributed by atoms with Crippen molar-refractivity contribution in [1.29, 1.82) is 0 Å². The van der Waals surface area contributed by atoms with E-state index in [1.54, 1.807) is 14.2 Å². The zero-order valence-electron chi connectivity index (χ0n) is 21.2. The lowest BCUT2D eigenvalue weighted by Crippen LogP contribution is -2.46. The molecule has 3 aromatic carbocycles. The molecule has 2 aliphatic rings. The summed E-state index contributed by atoms with van der Waals surface area (Å²) < 4.78 is 37.1. The van der Waals surface area contributed by atoms with Crippen LogP contribution < -0.4 is 0 Å². The molecule has 0 bridgehead atoms. The fourth-order valence-corrected chi connectivity index (χ4v) is 5.34. The summed E-state index contributed by atoms with van der Waals surface area (Å²) in [6.07, 6.45) is -2.06. The standard InChI is InChI=1S/C30H34O6/c1-29(2)35-27-26(32-4)25(34-28(27)36-29)24(31-3)20-33-30(21-14-8-5-9-15-21,22-16-10-6-11-17-22)23-18-12-7-13-19-23/h5-19,24-28H,20H2,1-4H3/t24-,25+,26-,27-,28-/m1/s1. The third-order valence-electron chi connectivity index (χ3n) is 6.97. The summed E-state index contributed by atoms with van der Waals surface area (Å²) in [5.41, 5.74) is 2.22. The largest absolute Gasteiger partial charge is 0.376 e. The van der Waals surface area contributed by atoms with Crippen LogP contribution in [-0.4, -0.2) is 57.3 Å². The Morgan fingerprint density at radius 3 is 1.72 bits per heavy atom. The van der Waals surface area contributed by atoms with Crippen molar-refractivity contribution < 1.29 is 28.4 Å². The molecule has 2 fully saturated rings. The van der Waals surface area contributed by atoms with E-state index in [0.717, 1.165) is 16.7 Å². The van der Waals surface area contributed by atoms with Crippen LogP contribution in [0.15, 0.2) is 91.0 Å². The maximum Gasteiger partial charge on any atom is 0.190 e. The third kappa shape index (κ3) is 4.61. The smallest absolute Gasteiger partial charge is 0.190 e. The second kappa shape index (κ2) is 10.4. The average molecular weight is 491 g/mol. The van der Waals surface area contributed by atoms with Crippen LogP contribution in [0, 0.1) is 0 Å². The first-order chi connectivity index (χ1) is 17.5. The van der Waals surface area contributed by atoms with E-state index in [1.807, 2.05) is 68.4 Å². The fourth-order valence-electron chi connectivity index (χ4n) is 5.34. The van der Waals surface area contributed by atoms with Crippen LogP contribution in [0.3, 0.4) is 0 Å². The normalized spacial score (nSPS) is 26.0. The molecule has 0 radical (unpaired) electrons. The number of rotatable bonds is 9. The number of ether oxygens (including phenoxy) is 6. The molecule has 2 aliphatic heterocycles. The Balaban J connectivity index is 1.50. The van der Waals surface area contributed by atoms with Gasteiger partial charge in [0.1, 0.15) is 30.0 Å². The van der Waals surface area contributed by atoms with Crippen LogP contribution in [0.25, 0.3) is 0 Å². The molecule has 2 heterocycles. The van der Waals surface area contributed by atoms with Crippen molar-refractivity contribution in [3.63, 3.8) is 0 Å². The van der Waals surface area contributed by atoms with Crippen LogP contribution in [0.4, 0.5) is 0 Å². The third-order valence-corrected chi connectivity index (χ3v) is 6.97. The molecule has 190 valence electrons. The van der Waals surface area contributed by atoms with E-state index >= 15 is 0 Å². The second-order valence-corrected chi connectivity index (χ2v) is 9.63. The Morgan fingerprint density at radius 1 is 0.778 bits per heavy atom. The first kappa shape index (κ1) is 25.1. The van der Waals surface area contributed by atoms with Gasteiger partial charge in [0.25, 0.3) is 0 Å². The van der Waals surface area contributed by atoms with E-state index < -0.39 is 29.9 Å². The molecule has 36 heavy (non-hydrogen) atoms. The summed E-state index contributed by atoms with van der Waals surface area (Å²) in [5, 5.41) is 0. The quantitative estimate of drug-likeness (QED) is 0.398.